The summed E-state index contributed by atoms with van der Waals surface area (Å²) >= 11 is 3.37. The van der Waals surface area contributed by atoms with Gasteiger partial charge in [0.05, 0.1) is 16.7 Å². The van der Waals surface area contributed by atoms with Crippen molar-refractivity contribution in [2.45, 2.75) is 44.2 Å². The van der Waals surface area contributed by atoms with Gasteiger partial charge in [0.15, 0.2) is 0 Å². The standard InChI is InChI=1S/C12H18BrN3O2/c1-2-14-12(11(17)18)5-3-4-10(6-12)16-8-9(13)7-15-16/h7-8,10,14H,2-6H2,1H3,(H,17,18). The number of halogens is 1. The van der Waals surface area contributed by atoms with E-state index in [1.165, 1.54) is 0 Å². The Morgan fingerprint density at radius 3 is 3.11 bits per heavy atom. The van der Waals surface area contributed by atoms with Crippen molar-refractivity contribution in [3.63, 3.8) is 0 Å². The summed E-state index contributed by atoms with van der Waals surface area (Å²) in [6.45, 7) is 2.61. The Bertz CT molecular complexity index is 431. The molecule has 1 saturated carbocycles. The molecule has 2 rings (SSSR count). The molecule has 1 aliphatic rings. The van der Waals surface area contributed by atoms with E-state index in [1.54, 1.807) is 6.20 Å². The second kappa shape index (κ2) is 5.40. The molecule has 2 unspecified atom stereocenters. The lowest BCUT2D eigenvalue weighted by molar-refractivity contribution is -0.147. The third kappa shape index (κ3) is 2.59. The average Bonchev–Trinajstić information content (AvgIpc) is 2.76. The zero-order chi connectivity index (χ0) is 13.2. The van der Waals surface area contributed by atoms with Crippen molar-refractivity contribution in [2.24, 2.45) is 0 Å². The van der Waals surface area contributed by atoms with Crippen molar-refractivity contribution < 1.29 is 9.90 Å². The number of aliphatic carboxylic acids is 1. The fraction of sp³-hybridized carbons (Fsp3) is 0.667. The Morgan fingerprint density at radius 2 is 2.56 bits per heavy atom. The van der Waals surface area contributed by atoms with Crippen LogP contribution in [-0.4, -0.2) is 32.9 Å². The Kier molecular flexibility index (Phi) is 4.07. The molecule has 0 saturated heterocycles. The van der Waals surface area contributed by atoms with E-state index in [0.29, 0.717) is 19.4 Å². The predicted octanol–water partition coefficient (Wildman–Crippen LogP) is 2.19. The lowest BCUT2D eigenvalue weighted by atomic mass is 9.79. The quantitative estimate of drug-likeness (QED) is 0.893. The molecule has 2 atom stereocenters. The van der Waals surface area contributed by atoms with E-state index in [9.17, 15) is 9.90 Å². The highest BCUT2D eigenvalue weighted by molar-refractivity contribution is 9.10. The van der Waals surface area contributed by atoms with Crippen LogP contribution in [0.2, 0.25) is 0 Å². The topological polar surface area (TPSA) is 67.2 Å². The molecule has 18 heavy (non-hydrogen) atoms. The highest BCUT2D eigenvalue weighted by Gasteiger charge is 2.42. The normalized spacial score (nSPS) is 28.2. The lowest BCUT2D eigenvalue weighted by Gasteiger charge is -2.38. The molecule has 0 aliphatic heterocycles. The number of carbonyl (C=O) groups is 1. The molecule has 1 aromatic heterocycles. The van der Waals surface area contributed by atoms with E-state index in [0.717, 1.165) is 17.3 Å². The van der Waals surface area contributed by atoms with Gasteiger partial charge in [0.2, 0.25) is 0 Å². The summed E-state index contributed by atoms with van der Waals surface area (Å²) in [7, 11) is 0. The van der Waals surface area contributed by atoms with Crippen molar-refractivity contribution in [3.8, 4) is 0 Å². The molecule has 0 amide bonds. The number of aromatic nitrogens is 2. The largest absolute Gasteiger partial charge is 0.480 e. The van der Waals surface area contributed by atoms with Gasteiger partial charge in [-0.05, 0) is 48.2 Å². The van der Waals surface area contributed by atoms with Crippen LogP contribution in [0, 0.1) is 0 Å². The van der Waals surface area contributed by atoms with E-state index < -0.39 is 11.5 Å². The zero-order valence-electron chi connectivity index (χ0n) is 10.4. The van der Waals surface area contributed by atoms with Crippen LogP contribution in [0.3, 0.4) is 0 Å². The maximum absolute atomic E-state index is 11.5. The molecule has 0 aromatic carbocycles. The molecule has 100 valence electrons. The van der Waals surface area contributed by atoms with Gasteiger partial charge in [0.25, 0.3) is 0 Å². The lowest BCUT2D eigenvalue weighted by Crippen LogP contribution is -2.55. The Balaban J connectivity index is 2.18. The van der Waals surface area contributed by atoms with Crippen molar-refractivity contribution in [1.29, 1.82) is 0 Å². The molecule has 1 aliphatic carbocycles. The summed E-state index contributed by atoms with van der Waals surface area (Å²) in [6, 6.07) is 0.153. The molecule has 1 fully saturated rings. The molecule has 2 N–H and O–H groups in total. The van der Waals surface area contributed by atoms with Gasteiger partial charge in [-0.3, -0.25) is 9.48 Å². The van der Waals surface area contributed by atoms with Crippen molar-refractivity contribution in [3.05, 3.63) is 16.9 Å². The molecule has 0 bridgehead atoms. The average molecular weight is 316 g/mol. The van der Waals surface area contributed by atoms with Crippen molar-refractivity contribution >= 4 is 21.9 Å². The van der Waals surface area contributed by atoms with Crippen LogP contribution < -0.4 is 5.32 Å². The van der Waals surface area contributed by atoms with Crippen LogP contribution in [0.25, 0.3) is 0 Å². The van der Waals surface area contributed by atoms with E-state index in [1.807, 2.05) is 17.8 Å². The van der Waals surface area contributed by atoms with E-state index >= 15 is 0 Å². The first kappa shape index (κ1) is 13.5. The molecule has 5 nitrogen and oxygen atoms in total. The second-order valence-corrected chi connectivity index (χ2v) is 5.72. The van der Waals surface area contributed by atoms with Gasteiger partial charge in [0, 0.05) is 6.20 Å². The van der Waals surface area contributed by atoms with Crippen LogP contribution in [0.1, 0.15) is 38.6 Å². The van der Waals surface area contributed by atoms with Crippen LogP contribution in [-0.2, 0) is 4.79 Å². The highest BCUT2D eigenvalue weighted by Crippen LogP contribution is 2.35. The van der Waals surface area contributed by atoms with Gasteiger partial charge >= 0.3 is 5.97 Å². The monoisotopic (exact) mass is 315 g/mol. The summed E-state index contributed by atoms with van der Waals surface area (Å²) in [4.78, 5) is 11.5. The summed E-state index contributed by atoms with van der Waals surface area (Å²) < 4.78 is 2.80. The number of hydrogen-bond acceptors (Lipinski definition) is 3. The minimum Gasteiger partial charge on any atom is -0.480 e. The summed E-state index contributed by atoms with van der Waals surface area (Å²) in [6.07, 6.45) is 6.81. The fourth-order valence-corrected chi connectivity index (χ4v) is 3.06. The first-order chi connectivity index (χ1) is 8.57. The maximum atomic E-state index is 11.5. The fourth-order valence-electron chi connectivity index (χ4n) is 2.75. The zero-order valence-corrected chi connectivity index (χ0v) is 12.0. The summed E-state index contributed by atoms with van der Waals surface area (Å²) in [5, 5.41) is 16.9. The molecular formula is C12H18BrN3O2. The van der Waals surface area contributed by atoms with Crippen molar-refractivity contribution in [1.82, 2.24) is 15.1 Å². The van der Waals surface area contributed by atoms with E-state index in [2.05, 4.69) is 26.3 Å². The van der Waals surface area contributed by atoms with Gasteiger partial charge in [-0.15, -0.1) is 0 Å². The molecule has 6 heteroatoms. The molecule has 0 spiro atoms. The second-order valence-electron chi connectivity index (χ2n) is 4.81. The molecule has 1 aromatic rings. The minimum absolute atomic E-state index is 0.153. The number of carboxylic acids is 1. The first-order valence-corrected chi connectivity index (χ1v) is 7.05. The van der Waals surface area contributed by atoms with Crippen LogP contribution >= 0.6 is 15.9 Å². The minimum atomic E-state index is -0.796. The number of nitrogens with zero attached hydrogens (tertiary/aromatic N) is 2. The molecule has 1 heterocycles. The number of rotatable bonds is 4. The van der Waals surface area contributed by atoms with Crippen LogP contribution in [0.5, 0.6) is 0 Å². The van der Waals surface area contributed by atoms with Crippen molar-refractivity contribution in [2.75, 3.05) is 6.54 Å². The summed E-state index contributed by atoms with van der Waals surface area (Å²) in [5.74, 6) is -0.750. The smallest absolute Gasteiger partial charge is 0.323 e. The van der Waals surface area contributed by atoms with Gasteiger partial charge in [-0.1, -0.05) is 6.92 Å². The third-order valence-electron chi connectivity index (χ3n) is 3.59. The van der Waals surface area contributed by atoms with Crippen LogP contribution in [0.4, 0.5) is 0 Å². The highest BCUT2D eigenvalue weighted by atomic mass is 79.9. The van der Waals surface area contributed by atoms with Gasteiger partial charge < -0.3 is 10.4 Å². The Morgan fingerprint density at radius 1 is 1.78 bits per heavy atom. The number of carboxylic acid groups (broad SMARTS) is 1. The molecular weight excluding hydrogens is 298 g/mol. The first-order valence-electron chi connectivity index (χ1n) is 6.25. The summed E-state index contributed by atoms with van der Waals surface area (Å²) in [5.41, 5.74) is -0.796. The number of nitrogens with one attached hydrogen (secondary N) is 1. The Hall–Kier alpha value is -0.880. The van der Waals surface area contributed by atoms with Gasteiger partial charge in [-0.25, -0.2) is 0 Å². The predicted molar refractivity (Wildman–Crippen MR) is 71.5 cm³/mol. The molecule has 0 radical (unpaired) electrons. The van der Waals surface area contributed by atoms with Crippen LogP contribution in [0.15, 0.2) is 16.9 Å². The van der Waals surface area contributed by atoms with Gasteiger partial charge in [0.1, 0.15) is 5.54 Å². The number of hydrogen-bond donors (Lipinski definition) is 2. The SMILES string of the molecule is CCNC1(C(=O)O)CCCC(n2cc(Br)cn2)C1. The maximum Gasteiger partial charge on any atom is 0.323 e. The van der Waals surface area contributed by atoms with E-state index in [4.69, 9.17) is 0 Å². The van der Waals surface area contributed by atoms with E-state index in [-0.39, 0.29) is 6.04 Å². The Labute approximate surface area is 115 Å². The third-order valence-corrected chi connectivity index (χ3v) is 4.00. The number of likely N-dealkylation sites (N-methyl/N-ethyl adjacent to an activating group) is 1. The van der Waals surface area contributed by atoms with Gasteiger partial charge in [-0.2, -0.15) is 5.10 Å².